The van der Waals surface area contributed by atoms with Crippen LogP contribution in [0.5, 0.6) is 0 Å². The molecule has 1 aromatic carbocycles. The molecule has 5 heteroatoms. The molecular formula is C15H13ClN4. The van der Waals surface area contributed by atoms with Gasteiger partial charge in [0.2, 0.25) is 0 Å². The van der Waals surface area contributed by atoms with Crippen molar-refractivity contribution in [2.75, 3.05) is 5.32 Å². The average Bonchev–Trinajstić information content (AvgIpc) is 3.01. The molecule has 1 N–H and O–H groups in total. The van der Waals surface area contributed by atoms with Crippen LogP contribution in [0.4, 0.5) is 5.82 Å². The smallest absolute Gasteiger partial charge is 0.126 e. The number of pyridine rings is 1. The molecule has 0 aliphatic carbocycles. The molecule has 0 amide bonds. The second-order valence-corrected chi connectivity index (χ2v) is 4.73. The fourth-order valence-corrected chi connectivity index (χ4v) is 2.07. The van der Waals surface area contributed by atoms with E-state index in [2.05, 4.69) is 21.5 Å². The van der Waals surface area contributed by atoms with E-state index in [1.807, 2.05) is 47.3 Å². The van der Waals surface area contributed by atoms with E-state index in [1.54, 1.807) is 12.4 Å². The van der Waals surface area contributed by atoms with Gasteiger partial charge in [0.15, 0.2) is 0 Å². The minimum absolute atomic E-state index is 0.632. The van der Waals surface area contributed by atoms with Crippen LogP contribution in [-0.4, -0.2) is 14.8 Å². The van der Waals surface area contributed by atoms with Crippen LogP contribution in [0, 0.1) is 0 Å². The van der Waals surface area contributed by atoms with E-state index in [0.29, 0.717) is 11.6 Å². The van der Waals surface area contributed by atoms with E-state index in [-0.39, 0.29) is 0 Å². The SMILES string of the molecule is Clc1ccc(NCc2ccccc2-n2cccn2)nc1. The highest BCUT2D eigenvalue weighted by Gasteiger charge is 2.04. The molecule has 0 aliphatic heterocycles. The van der Waals surface area contributed by atoms with Crippen molar-refractivity contribution in [2.24, 2.45) is 0 Å². The molecule has 0 atom stereocenters. The van der Waals surface area contributed by atoms with Crippen molar-refractivity contribution >= 4 is 17.4 Å². The summed E-state index contributed by atoms with van der Waals surface area (Å²) in [6.07, 6.45) is 5.33. The molecule has 3 aromatic rings. The summed E-state index contributed by atoms with van der Waals surface area (Å²) in [7, 11) is 0. The number of hydrogen-bond acceptors (Lipinski definition) is 3. The van der Waals surface area contributed by atoms with Gasteiger partial charge in [-0.05, 0) is 29.8 Å². The monoisotopic (exact) mass is 284 g/mol. The van der Waals surface area contributed by atoms with Crippen molar-refractivity contribution in [1.82, 2.24) is 14.8 Å². The molecule has 0 unspecified atom stereocenters. The van der Waals surface area contributed by atoms with Crippen molar-refractivity contribution in [2.45, 2.75) is 6.54 Å². The number of nitrogens with one attached hydrogen (secondary N) is 1. The number of anilines is 1. The van der Waals surface area contributed by atoms with Crippen LogP contribution in [0.25, 0.3) is 5.69 Å². The third-order valence-electron chi connectivity index (χ3n) is 2.93. The number of benzene rings is 1. The summed E-state index contributed by atoms with van der Waals surface area (Å²) in [6.45, 7) is 0.671. The first-order chi connectivity index (χ1) is 9.83. The first kappa shape index (κ1) is 12.7. The zero-order chi connectivity index (χ0) is 13.8. The maximum Gasteiger partial charge on any atom is 0.126 e. The zero-order valence-electron chi connectivity index (χ0n) is 10.7. The van der Waals surface area contributed by atoms with Crippen LogP contribution in [0.3, 0.4) is 0 Å². The Morgan fingerprint density at radius 1 is 1.10 bits per heavy atom. The Hall–Kier alpha value is -2.33. The van der Waals surface area contributed by atoms with Crippen molar-refractivity contribution in [3.8, 4) is 5.69 Å². The fourth-order valence-electron chi connectivity index (χ4n) is 1.96. The van der Waals surface area contributed by atoms with Crippen LogP contribution >= 0.6 is 11.6 Å². The van der Waals surface area contributed by atoms with Crippen LogP contribution < -0.4 is 5.32 Å². The molecule has 0 radical (unpaired) electrons. The largest absolute Gasteiger partial charge is 0.366 e. The Labute approximate surface area is 122 Å². The van der Waals surface area contributed by atoms with Gasteiger partial charge >= 0.3 is 0 Å². The Bertz CT molecular complexity index is 677. The highest BCUT2D eigenvalue weighted by atomic mass is 35.5. The normalized spacial score (nSPS) is 10.4. The van der Waals surface area contributed by atoms with Gasteiger partial charge in [0.1, 0.15) is 5.82 Å². The van der Waals surface area contributed by atoms with E-state index < -0.39 is 0 Å². The molecule has 4 nitrogen and oxygen atoms in total. The molecule has 0 saturated carbocycles. The molecule has 100 valence electrons. The predicted molar refractivity (Wildman–Crippen MR) is 80.1 cm³/mol. The summed E-state index contributed by atoms with van der Waals surface area (Å²) in [5.41, 5.74) is 2.20. The molecular weight excluding hydrogens is 272 g/mol. The van der Waals surface area contributed by atoms with E-state index in [1.165, 1.54) is 0 Å². The van der Waals surface area contributed by atoms with Gasteiger partial charge in [0.25, 0.3) is 0 Å². The van der Waals surface area contributed by atoms with Crippen molar-refractivity contribution < 1.29 is 0 Å². The molecule has 2 heterocycles. The molecule has 0 bridgehead atoms. The van der Waals surface area contributed by atoms with Gasteiger partial charge in [-0.1, -0.05) is 29.8 Å². The van der Waals surface area contributed by atoms with Gasteiger partial charge < -0.3 is 5.32 Å². The molecule has 2 aromatic heterocycles. The average molecular weight is 285 g/mol. The first-order valence-corrected chi connectivity index (χ1v) is 6.64. The molecule has 0 aliphatic rings. The molecule has 0 saturated heterocycles. The quantitative estimate of drug-likeness (QED) is 0.797. The van der Waals surface area contributed by atoms with Gasteiger partial charge in [0.05, 0.1) is 10.7 Å². The zero-order valence-corrected chi connectivity index (χ0v) is 11.5. The summed E-state index contributed by atoms with van der Waals surface area (Å²) in [5.74, 6) is 0.796. The van der Waals surface area contributed by atoms with Crippen LogP contribution in [-0.2, 0) is 6.54 Å². The summed E-state index contributed by atoms with van der Waals surface area (Å²) >= 11 is 5.82. The summed E-state index contributed by atoms with van der Waals surface area (Å²) in [4.78, 5) is 4.22. The Kier molecular flexibility index (Phi) is 3.65. The van der Waals surface area contributed by atoms with E-state index in [0.717, 1.165) is 17.1 Å². The van der Waals surface area contributed by atoms with E-state index in [9.17, 15) is 0 Å². The third-order valence-corrected chi connectivity index (χ3v) is 3.15. The molecule has 20 heavy (non-hydrogen) atoms. The lowest BCUT2D eigenvalue weighted by molar-refractivity contribution is 0.863. The van der Waals surface area contributed by atoms with Crippen LogP contribution in [0.1, 0.15) is 5.56 Å². The lowest BCUT2D eigenvalue weighted by Crippen LogP contribution is -2.06. The maximum atomic E-state index is 5.82. The number of para-hydroxylation sites is 1. The summed E-state index contributed by atoms with van der Waals surface area (Å²) < 4.78 is 1.85. The number of hydrogen-bond donors (Lipinski definition) is 1. The second-order valence-electron chi connectivity index (χ2n) is 4.29. The van der Waals surface area contributed by atoms with E-state index in [4.69, 9.17) is 11.6 Å². The topological polar surface area (TPSA) is 42.7 Å². The number of rotatable bonds is 4. The summed E-state index contributed by atoms with van der Waals surface area (Å²) in [5, 5.41) is 8.18. The van der Waals surface area contributed by atoms with Gasteiger partial charge in [-0.25, -0.2) is 9.67 Å². The molecule has 3 rings (SSSR count). The lowest BCUT2D eigenvalue weighted by atomic mass is 10.2. The number of nitrogens with zero attached hydrogens (tertiary/aromatic N) is 3. The third kappa shape index (κ3) is 2.81. The van der Waals surface area contributed by atoms with Gasteiger partial charge in [-0.3, -0.25) is 0 Å². The van der Waals surface area contributed by atoms with Crippen molar-refractivity contribution in [3.63, 3.8) is 0 Å². The molecule has 0 fully saturated rings. The van der Waals surface area contributed by atoms with Gasteiger partial charge in [-0.15, -0.1) is 0 Å². The van der Waals surface area contributed by atoms with E-state index >= 15 is 0 Å². The maximum absolute atomic E-state index is 5.82. The van der Waals surface area contributed by atoms with Crippen LogP contribution in [0.15, 0.2) is 61.1 Å². The minimum Gasteiger partial charge on any atom is -0.366 e. The van der Waals surface area contributed by atoms with Crippen molar-refractivity contribution in [3.05, 3.63) is 71.6 Å². The van der Waals surface area contributed by atoms with Gasteiger partial charge in [-0.2, -0.15) is 5.10 Å². The predicted octanol–water partition coefficient (Wildman–Crippen LogP) is 3.53. The number of halogens is 1. The highest BCUT2D eigenvalue weighted by Crippen LogP contribution is 2.16. The molecule has 0 spiro atoms. The lowest BCUT2D eigenvalue weighted by Gasteiger charge is -2.11. The Morgan fingerprint density at radius 3 is 2.75 bits per heavy atom. The minimum atomic E-state index is 0.632. The highest BCUT2D eigenvalue weighted by molar-refractivity contribution is 6.30. The standard InChI is InChI=1S/C15H13ClN4/c16-13-6-7-15(18-11-13)17-10-12-4-1-2-5-14(12)20-9-3-8-19-20/h1-9,11H,10H2,(H,17,18). The van der Waals surface area contributed by atoms with Crippen molar-refractivity contribution in [1.29, 1.82) is 0 Å². The summed E-state index contributed by atoms with van der Waals surface area (Å²) in [6, 6.07) is 13.7. The van der Waals surface area contributed by atoms with Crippen LogP contribution in [0.2, 0.25) is 5.02 Å². The second kappa shape index (κ2) is 5.75. The Morgan fingerprint density at radius 2 is 2.00 bits per heavy atom. The first-order valence-electron chi connectivity index (χ1n) is 6.26. The number of aromatic nitrogens is 3. The Balaban J connectivity index is 1.79. The fraction of sp³-hybridized carbons (Fsp3) is 0.0667. The van der Waals surface area contributed by atoms with Gasteiger partial charge in [0, 0.05) is 25.1 Å².